The number of amides is 3. The van der Waals surface area contributed by atoms with Gasteiger partial charge in [-0.2, -0.15) is 0 Å². The molecule has 0 atom stereocenters. The summed E-state index contributed by atoms with van der Waals surface area (Å²) in [6.45, 7) is 2.15. The summed E-state index contributed by atoms with van der Waals surface area (Å²) in [4.78, 5) is 50.0. The van der Waals surface area contributed by atoms with Gasteiger partial charge in [0.2, 0.25) is 0 Å². The van der Waals surface area contributed by atoms with Crippen LogP contribution in [0.1, 0.15) is 50.8 Å². The molecule has 0 aliphatic carbocycles. The van der Waals surface area contributed by atoms with E-state index in [2.05, 4.69) is 5.32 Å². The largest absolute Gasteiger partial charge is 0.452 e. The molecule has 0 bridgehead atoms. The van der Waals surface area contributed by atoms with Crippen molar-refractivity contribution in [2.45, 2.75) is 19.8 Å². The predicted octanol–water partition coefficient (Wildman–Crippen LogP) is 2.56. The van der Waals surface area contributed by atoms with E-state index in [0.29, 0.717) is 17.7 Å². The Labute approximate surface area is 162 Å². The Kier molecular flexibility index (Phi) is 5.84. The van der Waals surface area contributed by atoms with Crippen LogP contribution in [0.4, 0.5) is 5.69 Å². The Morgan fingerprint density at radius 2 is 1.68 bits per heavy atom. The highest BCUT2D eigenvalue weighted by Crippen LogP contribution is 2.28. The number of hydrogen-bond acceptors (Lipinski definition) is 5. The van der Waals surface area contributed by atoms with Crippen molar-refractivity contribution in [3.05, 3.63) is 65.2 Å². The average Bonchev–Trinajstić information content (AvgIpc) is 2.97. The van der Waals surface area contributed by atoms with E-state index in [-0.39, 0.29) is 23.8 Å². The summed E-state index contributed by atoms with van der Waals surface area (Å²) in [5.41, 5.74) is 1.07. The molecule has 0 spiro atoms. The van der Waals surface area contributed by atoms with Crippen molar-refractivity contribution in [2.24, 2.45) is 0 Å². The molecular formula is C21H20N2O5. The highest BCUT2D eigenvalue weighted by molar-refractivity contribution is 6.34. The fourth-order valence-electron chi connectivity index (χ4n) is 2.87. The number of carbonyl (C=O) groups excluding carboxylic acids is 4. The fraction of sp³-hybridized carbons (Fsp3) is 0.238. The van der Waals surface area contributed by atoms with Crippen LogP contribution in [0.5, 0.6) is 0 Å². The molecule has 144 valence electrons. The molecule has 2 aromatic rings. The van der Waals surface area contributed by atoms with Gasteiger partial charge in [0.05, 0.1) is 22.4 Å². The van der Waals surface area contributed by atoms with Crippen LogP contribution in [-0.2, 0) is 9.53 Å². The summed E-state index contributed by atoms with van der Waals surface area (Å²) in [6.07, 6.45) is 1.80. The molecule has 2 aromatic carbocycles. The smallest absolute Gasteiger partial charge is 0.338 e. The number of hydrogen-bond donors (Lipinski definition) is 1. The van der Waals surface area contributed by atoms with E-state index in [0.717, 1.165) is 17.7 Å². The first kappa shape index (κ1) is 19.3. The maximum atomic E-state index is 12.6. The number of nitrogens with one attached hydrogen (secondary N) is 1. The van der Waals surface area contributed by atoms with Crippen molar-refractivity contribution in [3.63, 3.8) is 0 Å². The van der Waals surface area contributed by atoms with Gasteiger partial charge in [0.15, 0.2) is 6.61 Å². The molecule has 7 heteroatoms. The highest BCUT2D eigenvalue weighted by Gasteiger charge is 2.36. The molecule has 0 aromatic heterocycles. The Bertz CT molecular complexity index is 903. The maximum absolute atomic E-state index is 12.6. The number of ether oxygens (including phenoxy) is 1. The van der Waals surface area contributed by atoms with E-state index in [4.69, 9.17) is 4.74 Å². The minimum Gasteiger partial charge on any atom is -0.452 e. The Morgan fingerprint density at radius 1 is 1.00 bits per heavy atom. The molecule has 1 heterocycles. The SMILES string of the molecule is CCCCNC(=O)COC(=O)c1cccc(N2C(=O)c3ccccc3C2=O)c1. The van der Waals surface area contributed by atoms with Crippen LogP contribution in [0.3, 0.4) is 0 Å². The van der Waals surface area contributed by atoms with Gasteiger partial charge < -0.3 is 10.1 Å². The van der Waals surface area contributed by atoms with Crippen LogP contribution in [-0.4, -0.2) is 36.8 Å². The third kappa shape index (κ3) is 3.93. The third-order valence-electron chi connectivity index (χ3n) is 4.32. The van der Waals surface area contributed by atoms with E-state index in [1.54, 1.807) is 36.4 Å². The summed E-state index contributed by atoms with van der Waals surface area (Å²) >= 11 is 0. The van der Waals surface area contributed by atoms with E-state index in [9.17, 15) is 19.2 Å². The van der Waals surface area contributed by atoms with Crippen LogP contribution in [0.15, 0.2) is 48.5 Å². The summed E-state index contributed by atoms with van der Waals surface area (Å²) < 4.78 is 5.01. The first-order chi connectivity index (χ1) is 13.5. The van der Waals surface area contributed by atoms with E-state index >= 15 is 0 Å². The Morgan fingerprint density at radius 3 is 2.32 bits per heavy atom. The van der Waals surface area contributed by atoms with Crippen LogP contribution < -0.4 is 10.2 Å². The van der Waals surface area contributed by atoms with Gasteiger partial charge in [-0.25, -0.2) is 9.69 Å². The van der Waals surface area contributed by atoms with Crippen molar-refractivity contribution >= 4 is 29.4 Å². The maximum Gasteiger partial charge on any atom is 0.338 e. The van der Waals surface area contributed by atoms with Crippen molar-refractivity contribution in [1.29, 1.82) is 0 Å². The monoisotopic (exact) mass is 380 g/mol. The molecule has 28 heavy (non-hydrogen) atoms. The predicted molar refractivity (Wildman–Crippen MR) is 102 cm³/mol. The minimum atomic E-state index is -0.705. The lowest BCUT2D eigenvalue weighted by molar-refractivity contribution is -0.124. The molecule has 0 unspecified atom stereocenters. The van der Waals surface area contributed by atoms with Gasteiger partial charge in [0.1, 0.15) is 0 Å². The molecule has 7 nitrogen and oxygen atoms in total. The van der Waals surface area contributed by atoms with Gasteiger partial charge in [0.25, 0.3) is 17.7 Å². The van der Waals surface area contributed by atoms with E-state index in [1.165, 1.54) is 12.1 Å². The lowest BCUT2D eigenvalue weighted by Gasteiger charge is -2.14. The normalized spacial score (nSPS) is 12.7. The van der Waals surface area contributed by atoms with Crippen LogP contribution in [0, 0.1) is 0 Å². The highest BCUT2D eigenvalue weighted by atomic mass is 16.5. The molecule has 0 fully saturated rings. The topological polar surface area (TPSA) is 92.8 Å². The second-order valence-electron chi connectivity index (χ2n) is 6.32. The number of carbonyl (C=O) groups is 4. The molecule has 3 rings (SSSR count). The number of unbranched alkanes of at least 4 members (excludes halogenated alkanes) is 1. The summed E-state index contributed by atoms with van der Waals surface area (Å²) in [5, 5.41) is 2.65. The van der Waals surface area contributed by atoms with Crippen molar-refractivity contribution in [3.8, 4) is 0 Å². The average molecular weight is 380 g/mol. The summed E-state index contributed by atoms with van der Waals surface area (Å²) in [7, 11) is 0. The molecule has 0 saturated heterocycles. The number of imide groups is 1. The molecule has 1 N–H and O–H groups in total. The molecular weight excluding hydrogens is 360 g/mol. The molecule has 3 amide bonds. The zero-order valence-electron chi connectivity index (χ0n) is 15.4. The van der Waals surface area contributed by atoms with Gasteiger partial charge in [-0.05, 0) is 36.8 Å². The lowest BCUT2D eigenvalue weighted by Crippen LogP contribution is -2.30. The van der Waals surface area contributed by atoms with Gasteiger partial charge in [0, 0.05) is 6.54 Å². The van der Waals surface area contributed by atoms with Crippen molar-refractivity contribution in [2.75, 3.05) is 18.1 Å². The number of anilines is 1. The third-order valence-corrected chi connectivity index (χ3v) is 4.32. The summed E-state index contributed by atoms with van der Waals surface area (Å²) in [5.74, 6) is -1.97. The Balaban J connectivity index is 1.69. The van der Waals surface area contributed by atoms with Crippen LogP contribution in [0.2, 0.25) is 0 Å². The van der Waals surface area contributed by atoms with Crippen molar-refractivity contribution < 1.29 is 23.9 Å². The second-order valence-corrected chi connectivity index (χ2v) is 6.32. The van der Waals surface area contributed by atoms with Gasteiger partial charge >= 0.3 is 5.97 Å². The first-order valence-electron chi connectivity index (χ1n) is 9.04. The zero-order chi connectivity index (χ0) is 20.1. The number of benzene rings is 2. The molecule has 0 radical (unpaired) electrons. The lowest BCUT2D eigenvalue weighted by atomic mass is 10.1. The van der Waals surface area contributed by atoms with Crippen LogP contribution in [0.25, 0.3) is 0 Å². The quantitative estimate of drug-likeness (QED) is 0.453. The van der Waals surface area contributed by atoms with Gasteiger partial charge in [-0.15, -0.1) is 0 Å². The number of rotatable bonds is 7. The standard InChI is InChI=1S/C21H20N2O5/c1-2-3-11-22-18(24)13-28-21(27)14-7-6-8-15(12-14)23-19(25)16-9-4-5-10-17(16)20(23)26/h4-10,12H,2-3,11,13H2,1H3,(H,22,24). The Hall–Kier alpha value is -3.48. The van der Waals surface area contributed by atoms with E-state index < -0.39 is 17.8 Å². The van der Waals surface area contributed by atoms with E-state index in [1.807, 2.05) is 6.92 Å². The zero-order valence-corrected chi connectivity index (χ0v) is 15.4. The van der Waals surface area contributed by atoms with Gasteiger partial charge in [-0.1, -0.05) is 31.5 Å². The fourth-order valence-corrected chi connectivity index (χ4v) is 2.87. The minimum absolute atomic E-state index is 0.149. The number of nitrogens with zero attached hydrogens (tertiary/aromatic N) is 1. The molecule has 1 aliphatic rings. The van der Waals surface area contributed by atoms with Gasteiger partial charge in [-0.3, -0.25) is 14.4 Å². The molecule has 0 saturated carbocycles. The molecule has 1 aliphatic heterocycles. The second kappa shape index (κ2) is 8.47. The van der Waals surface area contributed by atoms with Crippen molar-refractivity contribution in [1.82, 2.24) is 5.32 Å². The number of fused-ring (bicyclic) bond motifs is 1. The first-order valence-corrected chi connectivity index (χ1v) is 9.04. The van der Waals surface area contributed by atoms with Crippen LogP contribution >= 0.6 is 0 Å². The number of esters is 1. The summed E-state index contributed by atoms with van der Waals surface area (Å²) in [6, 6.07) is 12.6.